The van der Waals surface area contributed by atoms with E-state index in [4.69, 9.17) is 25.8 Å². The molecule has 0 saturated carbocycles. The number of benzene rings is 3. The first kappa shape index (κ1) is 24.3. The van der Waals surface area contributed by atoms with Crippen LogP contribution in [-0.2, 0) is 4.79 Å². The van der Waals surface area contributed by atoms with E-state index in [1.807, 2.05) is 6.92 Å². The minimum atomic E-state index is -0.532. The summed E-state index contributed by atoms with van der Waals surface area (Å²) >= 11 is 9.19. The fourth-order valence-corrected chi connectivity index (χ4v) is 3.12. The number of rotatable bonds is 9. The predicted molar refractivity (Wildman–Crippen MR) is 129 cm³/mol. The molecule has 0 fully saturated rings. The Balaban J connectivity index is 1.60. The smallest absolute Gasteiger partial charge is 0.343 e. The third-order valence-electron chi connectivity index (χ3n) is 4.15. The summed E-state index contributed by atoms with van der Waals surface area (Å²) in [6.45, 7) is 2.19. The van der Waals surface area contributed by atoms with Gasteiger partial charge in [-0.3, -0.25) is 4.79 Å². The highest BCUT2D eigenvalue weighted by Crippen LogP contribution is 2.23. The molecule has 0 bridgehead atoms. The number of amides is 1. The van der Waals surface area contributed by atoms with E-state index in [9.17, 15) is 9.59 Å². The molecule has 1 N–H and O–H groups in total. The van der Waals surface area contributed by atoms with E-state index in [2.05, 4.69) is 26.5 Å². The van der Waals surface area contributed by atoms with Crippen LogP contribution >= 0.6 is 27.5 Å². The Morgan fingerprint density at radius 1 is 1.00 bits per heavy atom. The Kier molecular flexibility index (Phi) is 8.86. The lowest BCUT2D eigenvalue weighted by atomic mass is 10.2. The van der Waals surface area contributed by atoms with Crippen LogP contribution in [-0.4, -0.2) is 31.3 Å². The van der Waals surface area contributed by atoms with Gasteiger partial charge >= 0.3 is 5.97 Å². The molecule has 0 spiro atoms. The van der Waals surface area contributed by atoms with Gasteiger partial charge in [-0.15, -0.1) is 0 Å². The first-order valence-corrected chi connectivity index (χ1v) is 11.1. The van der Waals surface area contributed by atoms with Crippen molar-refractivity contribution in [2.45, 2.75) is 6.92 Å². The number of nitrogens with zero attached hydrogens (tertiary/aromatic N) is 1. The minimum Gasteiger partial charge on any atom is -0.494 e. The van der Waals surface area contributed by atoms with E-state index in [0.29, 0.717) is 34.3 Å². The van der Waals surface area contributed by atoms with Crippen molar-refractivity contribution in [2.24, 2.45) is 5.10 Å². The van der Waals surface area contributed by atoms with Crippen LogP contribution < -0.4 is 19.6 Å². The second-order valence-corrected chi connectivity index (χ2v) is 7.92. The average Bonchev–Trinajstić information content (AvgIpc) is 2.81. The number of ether oxygens (including phenoxy) is 3. The quantitative estimate of drug-likeness (QED) is 0.176. The summed E-state index contributed by atoms with van der Waals surface area (Å²) < 4.78 is 17.0. The van der Waals surface area contributed by atoms with Gasteiger partial charge < -0.3 is 14.2 Å². The van der Waals surface area contributed by atoms with Gasteiger partial charge in [-0.25, -0.2) is 10.2 Å². The number of hydrazone groups is 1. The number of hydrogen-bond donors (Lipinski definition) is 1. The number of nitrogens with one attached hydrogen (secondary N) is 1. The summed E-state index contributed by atoms with van der Waals surface area (Å²) in [6.07, 6.45) is 1.38. The lowest BCUT2D eigenvalue weighted by Crippen LogP contribution is -2.24. The van der Waals surface area contributed by atoms with Crippen molar-refractivity contribution in [3.8, 4) is 17.2 Å². The van der Waals surface area contributed by atoms with Crippen LogP contribution in [0, 0.1) is 0 Å². The van der Waals surface area contributed by atoms with Crippen molar-refractivity contribution in [1.82, 2.24) is 5.43 Å². The standard InChI is InChI=1S/C24H20BrClN2O5/c1-2-31-20-8-3-16(4-9-20)24(30)33-22-12-5-18(25)13-17(22)14-27-28-23(29)15-32-21-10-6-19(26)7-11-21/h3-14H,2,15H2,1H3,(H,28,29)/b27-14-. The molecular formula is C24H20BrClN2O5. The molecule has 7 nitrogen and oxygen atoms in total. The van der Waals surface area contributed by atoms with Crippen LogP contribution in [0.3, 0.4) is 0 Å². The van der Waals surface area contributed by atoms with Gasteiger partial charge in [-0.2, -0.15) is 5.10 Å². The summed E-state index contributed by atoms with van der Waals surface area (Å²) in [5.74, 6) is 0.474. The third-order valence-corrected chi connectivity index (χ3v) is 4.90. The molecule has 0 aromatic heterocycles. The van der Waals surface area contributed by atoms with Crippen LogP contribution in [0.25, 0.3) is 0 Å². The summed E-state index contributed by atoms with van der Waals surface area (Å²) in [7, 11) is 0. The topological polar surface area (TPSA) is 86.2 Å². The number of hydrogen-bond acceptors (Lipinski definition) is 6. The summed E-state index contributed by atoms with van der Waals surface area (Å²) in [5.41, 5.74) is 3.23. The van der Waals surface area contributed by atoms with E-state index < -0.39 is 11.9 Å². The molecule has 0 radical (unpaired) electrons. The van der Waals surface area contributed by atoms with Crippen molar-refractivity contribution in [3.63, 3.8) is 0 Å². The lowest BCUT2D eigenvalue weighted by molar-refractivity contribution is -0.123. The summed E-state index contributed by atoms with van der Waals surface area (Å²) in [6, 6.07) is 18.4. The fraction of sp³-hybridized carbons (Fsp3) is 0.125. The molecule has 0 saturated heterocycles. The Labute approximate surface area is 204 Å². The molecule has 0 aliphatic heterocycles. The van der Waals surface area contributed by atoms with Gasteiger partial charge in [-0.05, 0) is 73.7 Å². The first-order valence-electron chi connectivity index (χ1n) is 9.89. The van der Waals surface area contributed by atoms with Crippen molar-refractivity contribution >= 4 is 45.6 Å². The van der Waals surface area contributed by atoms with E-state index in [1.165, 1.54) is 6.21 Å². The molecule has 1 amide bonds. The van der Waals surface area contributed by atoms with E-state index in [-0.39, 0.29) is 12.4 Å². The largest absolute Gasteiger partial charge is 0.494 e. The SMILES string of the molecule is CCOc1ccc(C(=O)Oc2ccc(Br)cc2/C=N\NC(=O)COc2ccc(Cl)cc2)cc1. The van der Waals surface area contributed by atoms with Crippen molar-refractivity contribution in [1.29, 1.82) is 0 Å². The molecule has 0 atom stereocenters. The Morgan fingerprint density at radius 3 is 2.36 bits per heavy atom. The van der Waals surface area contributed by atoms with Crippen LogP contribution in [0.4, 0.5) is 0 Å². The van der Waals surface area contributed by atoms with E-state index >= 15 is 0 Å². The van der Waals surface area contributed by atoms with Crippen LogP contribution in [0.1, 0.15) is 22.8 Å². The van der Waals surface area contributed by atoms with Gasteiger partial charge in [-0.1, -0.05) is 27.5 Å². The molecule has 170 valence electrons. The molecule has 9 heteroatoms. The van der Waals surface area contributed by atoms with Crippen LogP contribution in [0.2, 0.25) is 5.02 Å². The summed E-state index contributed by atoms with van der Waals surface area (Å²) in [4.78, 5) is 24.5. The van der Waals surface area contributed by atoms with Gasteiger partial charge in [0.05, 0.1) is 18.4 Å². The van der Waals surface area contributed by atoms with Gasteiger partial charge in [0.2, 0.25) is 0 Å². The molecule has 0 heterocycles. The number of esters is 1. The van der Waals surface area contributed by atoms with Crippen molar-refractivity contribution < 1.29 is 23.8 Å². The Hall–Kier alpha value is -3.36. The number of carbonyl (C=O) groups excluding carboxylic acids is 2. The molecule has 33 heavy (non-hydrogen) atoms. The van der Waals surface area contributed by atoms with E-state index in [1.54, 1.807) is 66.7 Å². The summed E-state index contributed by atoms with van der Waals surface area (Å²) in [5, 5.41) is 4.50. The second-order valence-electron chi connectivity index (χ2n) is 6.56. The van der Waals surface area contributed by atoms with Gasteiger partial charge in [0, 0.05) is 15.1 Å². The Morgan fingerprint density at radius 2 is 1.67 bits per heavy atom. The molecular weight excluding hydrogens is 512 g/mol. The average molecular weight is 532 g/mol. The fourth-order valence-electron chi connectivity index (χ4n) is 2.61. The van der Waals surface area contributed by atoms with Crippen LogP contribution in [0.15, 0.2) is 76.3 Å². The third kappa shape index (κ3) is 7.62. The maximum Gasteiger partial charge on any atom is 0.343 e. The predicted octanol–water partition coefficient (Wildman–Crippen LogP) is 5.25. The number of halogens is 2. The molecule has 0 aliphatic rings. The lowest BCUT2D eigenvalue weighted by Gasteiger charge is -2.09. The zero-order valence-corrected chi connectivity index (χ0v) is 19.9. The molecule has 3 aromatic carbocycles. The van der Waals surface area contributed by atoms with Gasteiger partial charge in [0.1, 0.15) is 17.2 Å². The highest BCUT2D eigenvalue weighted by molar-refractivity contribution is 9.10. The first-order chi connectivity index (χ1) is 15.9. The minimum absolute atomic E-state index is 0.225. The zero-order chi connectivity index (χ0) is 23.6. The van der Waals surface area contributed by atoms with Crippen LogP contribution in [0.5, 0.6) is 17.2 Å². The molecule has 0 unspecified atom stereocenters. The maximum absolute atomic E-state index is 12.5. The normalized spacial score (nSPS) is 10.6. The van der Waals surface area contributed by atoms with Crippen molar-refractivity contribution in [3.05, 3.63) is 87.4 Å². The highest BCUT2D eigenvalue weighted by atomic mass is 79.9. The zero-order valence-electron chi connectivity index (χ0n) is 17.6. The number of carbonyl (C=O) groups is 2. The van der Waals surface area contributed by atoms with Gasteiger partial charge in [0.25, 0.3) is 5.91 Å². The Bertz CT molecular complexity index is 1130. The van der Waals surface area contributed by atoms with Gasteiger partial charge in [0.15, 0.2) is 6.61 Å². The maximum atomic E-state index is 12.5. The van der Waals surface area contributed by atoms with Crippen molar-refractivity contribution in [2.75, 3.05) is 13.2 Å². The second kappa shape index (κ2) is 12.0. The molecule has 0 aliphatic carbocycles. The monoisotopic (exact) mass is 530 g/mol. The highest BCUT2D eigenvalue weighted by Gasteiger charge is 2.12. The molecule has 3 rings (SSSR count). The van der Waals surface area contributed by atoms with E-state index in [0.717, 1.165) is 4.47 Å². The molecule has 3 aromatic rings.